The summed E-state index contributed by atoms with van der Waals surface area (Å²) in [4.78, 5) is 9.30. The second kappa shape index (κ2) is 13.5. The van der Waals surface area contributed by atoms with E-state index in [0.717, 1.165) is 54.0 Å². The first-order valence-corrected chi connectivity index (χ1v) is 12.8. The van der Waals surface area contributed by atoms with E-state index >= 15 is 0 Å². The molecule has 0 N–H and O–H groups in total. The van der Waals surface area contributed by atoms with Crippen molar-refractivity contribution in [2.75, 3.05) is 6.61 Å². The van der Waals surface area contributed by atoms with E-state index in [0.29, 0.717) is 0 Å². The van der Waals surface area contributed by atoms with Gasteiger partial charge in [-0.1, -0.05) is 90.2 Å². The van der Waals surface area contributed by atoms with E-state index in [2.05, 4.69) is 48.1 Å². The SMILES string of the molecule is CCCCCCCOc1ccc(-c2cnc(CCC3CCC(CCC)CC3)nc2)cc1. The molecule has 1 aromatic heterocycles. The van der Waals surface area contributed by atoms with Crippen molar-refractivity contribution in [2.45, 2.75) is 97.3 Å². The van der Waals surface area contributed by atoms with E-state index < -0.39 is 0 Å². The third-order valence-corrected chi connectivity index (χ3v) is 6.85. The lowest BCUT2D eigenvalue weighted by molar-refractivity contribution is 0.251. The molecule has 0 spiro atoms. The Morgan fingerprint density at radius 3 is 2.03 bits per heavy atom. The summed E-state index contributed by atoms with van der Waals surface area (Å²) in [5.74, 6) is 3.79. The van der Waals surface area contributed by atoms with Gasteiger partial charge in [0.05, 0.1) is 6.61 Å². The van der Waals surface area contributed by atoms with E-state index in [4.69, 9.17) is 4.74 Å². The predicted molar refractivity (Wildman–Crippen MR) is 130 cm³/mol. The molecule has 0 bridgehead atoms. The van der Waals surface area contributed by atoms with Gasteiger partial charge in [-0.05, 0) is 42.4 Å². The minimum atomic E-state index is 0.807. The fourth-order valence-electron chi connectivity index (χ4n) is 4.82. The molecule has 0 radical (unpaired) electrons. The van der Waals surface area contributed by atoms with Crippen LogP contribution in [0.15, 0.2) is 36.7 Å². The van der Waals surface area contributed by atoms with Crippen molar-refractivity contribution in [3.05, 3.63) is 42.5 Å². The Balaban J connectivity index is 1.39. The summed E-state index contributed by atoms with van der Waals surface area (Å²) in [6, 6.07) is 8.34. The highest BCUT2D eigenvalue weighted by atomic mass is 16.5. The molecule has 0 unspecified atom stereocenters. The molecule has 1 fully saturated rings. The molecule has 1 aliphatic rings. The Kier molecular flexibility index (Phi) is 10.3. The van der Waals surface area contributed by atoms with Crippen LogP contribution in [0.3, 0.4) is 0 Å². The third-order valence-electron chi connectivity index (χ3n) is 6.85. The number of unbranched alkanes of at least 4 members (excludes halogenated alkanes) is 4. The molecular weight excluding hydrogens is 380 g/mol. The van der Waals surface area contributed by atoms with Gasteiger partial charge in [0.1, 0.15) is 11.6 Å². The molecule has 0 atom stereocenters. The van der Waals surface area contributed by atoms with Crippen molar-refractivity contribution in [2.24, 2.45) is 11.8 Å². The average molecular weight is 423 g/mol. The molecule has 1 heterocycles. The van der Waals surface area contributed by atoms with Gasteiger partial charge in [0, 0.05) is 24.4 Å². The number of aromatic nitrogens is 2. The predicted octanol–water partition coefficient (Wildman–Crippen LogP) is 8.03. The summed E-state index contributed by atoms with van der Waals surface area (Å²) < 4.78 is 5.87. The largest absolute Gasteiger partial charge is 0.494 e. The second-order valence-corrected chi connectivity index (χ2v) is 9.39. The lowest BCUT2D eigenvalue weighted by atomic mass is 9.78. The second-order valence-electron chi connectivity index (χ2n) is 9.39. The van der Waals surface area contributed by atoms with Crippen LogP contribution in [0.4, 0.5) is 0 Å². The lowest BCUT2D eigenvalue weighted by Crippen LogP contribution is -2.15. The third kappa shape index (κ3) is 8.27. The normalized spacial score (nSPS) is 18.8. The van der Waals surface area contributed by atoms with Crippen molar-refractivity contribution < 1.29 is 4.74 Å². The van der Waals surface area contributed by atoms with Crippen molar-refractivity contribution in [3.63, 3.8) is 0 Å². The quantitative estimate of drug-likeness (QED) is 0.306. The molecule has 0 aliphatic heterocycles. The molecule has 2 aromatic rings. The summed E-state index contributed by atoms with van der Waals surface area (Å²) in [6.07, 6.45) is 20.9. The van der Waals surface area contributed by atoms with E-state index in [1.54, 1.807) is 0 Å². The molecule has 1 saturated carbocycles. The molecule has 0 amide bonds. The molecule has 3 heteroatoms. The van der Waals surface area contributed by atoms with E-state index in [-0.39, 0.29) is 0 Å². The monoisotopic (exact) mass is 422 g/mol. The summed E-state index contributed by atoms with van der Waals surface area (Å²) in [5, 5.41) is 0. The van der Waals surface area contributed by atoms with E-state index in [9.17, 15) is 0 Å². The van der Waals surface area contributed by atoms with Crippen LogP contribution in [-0.4, -0.2) is 16.6 Å². The van der Waals surface area contributed by atoms with Crippen LogP contribution in [0, 0.1) is 11.8 Å². The maximum atomic E-state index is 5.87. The van der Waals surface area contributed by atoms with E-state index in [1.807, 2.05) is 12.4 Å². The molecule has 3 nitrogen and oxygen atoms in total. The topological polar surface area (TPSA) is 35.0 Å². The van der Waals surface area contributed by atoms with Gasteiger partial charge >= 0.3 is 0 Å². The number of ether oxygens (including phenoxy) is 1. The zero-order valence-electron chi connectivity index (χ0n) is 19.8. The van der Waals surface area contributed by atoms with Gasteiger partial charge in [-0.2, -0.15) is 0 Å². The van der Waals surface area contributed by atoms with Crippen LogP contribution < -0.4 is 4.74 Å². The number of hydrogen-bond donors (Lipinski definition) is 0. The molecule has 170 valence electrons. The van der Waals surface area contributed by atoms with Gasteiger partial charge in [-0.25, -0.2) is 9.97 Å². The average Bonchev–Trinajstić information content (AvgIpc) is 2.82. The maximum absolute atomic E-state index is 5.87. The number of rotatable bonds is 13. The van der Waals surface area contributed by atoms with Crippen LogP contribution in [0.25, 0.3) is 11.1 Å². The number of benzene rings is 1. The Hall–Kier alpha value is -1.90. The number of nitrogens with zero attached hydrogens (tertiary/aromatic N) is 2. The summed E-state index contributed by atoms with van der Waals surface area (Å²) in [7, 11) is 0. The first-order chi connectivity index (χ1) is 15.3. The van der Waals surface area contributed by atoms with Crippen LogP contribution in [-0.2, 0) is 6.42 Å². The van der Waals surface area contributed by atoms with Crippen molar-refractivity contribution >= 4 is 0 Å². The zero-order valence-corrected chi connectivity index (χ0v) is 19.8. The Labute approximate surface area is 190 Å². The first kappa shape index (κ1) is 23.8. The molecule has 1 aromatic carbocycles. The van der Waals surface area contributed by atoms with Crippen molar-refractivity contribution in [3.8, 4) is 16.9 Å². The Bertz CT molecular complexity index is 718. The highest BCUT2D eigenvalue weighted by Gasteiger charge is 2.20. The van der Waals surface area contributed by atoms with Crippen molar-refractivity contribution in [1.82, 2.24) is 9.97 Å². The standard InChI is InChI=1S/C28H42N2O/c1-3-5-6-7-8-20-31-27-17-15-25(16-18-27)26-21-29-28(30-22-26)19-14-24-12-10-23(9-4-2)11-13-24/h15-18,21-24H,3-14,19-20H2,1-2H3. The van der Waals surface area contributed by atoms with Crippen LogP contribution in [0.2, 0.25) is 0 Å². The smallest absolute Gasteiger partial charge is 0.128 e. The van der Waals surface area contributed by atoms with Gasteiger partial charge < -0.3 is 4.74 Å². The Morgan fingerprint density at radius 1 is 0.742 bits per heavy atom. The summed E-state index contributed by atoms with van der Waals surface area (Å²) in [6.45, 7) is 5.36. The van der Waals surface area contributed by atoms with Crippen LogP contribution in [0.5, 0.6) is 5.75 Å². The fourth-order valence-corrected chi connectivity index (χ4v) is 4.82. The lowest BCUT2D eigenvalue weighted by Gasteiger charge is -2.28. The zero-order chi connectivity index (χ0) is 21.7. The highest BCUT2D eigenvalue weighted by molar-refractivity contribution is 5.62. The van der Waals surface area contributed by atoms with Crippen LogP contribution in [0.1, 0.15) is 96.7 Å². The molecular formula is C28H42N2O. The molecule has 31 heavy (non-hydrogen) atoms. The minimum Gasteiger partial charge on any atom is -0.494 e. The molecule has 3 rings (SSSR count). The van der Waals surface area contributed by atoms with Crippen LogP contribution >= 0.6 is 0 Å². The summed E-state index contributed by atoms with van der Waals surface area (Å²) in [5.41, 5.74) is 2.23. The van der Waals surface area contributed by atoms with Gasteiger partial charge in [0.25, 0.3) is 0 Å². The maximum Gasteiger partial charge on any atom is 0.128 e. The first-order valence-electron chi connectivity index (χ1n) is 12.8. The number of aryl methyl sites for hydroxylation is 1. The summed E-state index contributed by atoms with van der Waals surface area (Å²) >= 11 is 0. The Morgan fingerprint density at radius 2 is 1.39 bits per heavy atom. The van der Waals surface area contributed by atoms with Crippen molar-refractivity contribution in [1.29, 1.82) is 0 Å². The number of hydrogen-bond acceptors (Lipinski definition) is 3. The van der Waals surface area contributed by atoms with Gasteiger partial charge in [-0.15, -0.1) is 0 Å². The highest BCUT2D eigenvalue weighted by Crippen LogP contribution is 2.33. The minimum absolute atomic E-state index is 0.807. The van der Waals surface area contributed by atoms with E-state index in [1.165, 1.54) is 70.6 Å². The van der Waals surface area contributed by atoms with Gasteiger partial charge in [0.2, 0.25) is 0 Å². The fraction of sp³-hybridized carbons (Fsp3) is 0.643. The molecule has 0 saturated heterocycles. The van der Waals surface area contributed by atoms with Gasteiger partial charge in [0.15, 0.2) is 0 Å². The molecule has 1 aliphatic carbocycles. The van der Waals surface area contributed by atoms with Gasteiger partial charge in [-0.3, -0.25) is 0 Å².